The third kappa shape index (κ3) is 6.30. The average molecular weight is 393 g/mol. The van der Waals surface area contributed by atoms with Crippen LogP contribution in [0, 0.1) is 0 Å². The lowest BCUT2D eigenvalue weighted by atomic mass is 10.1. The van der Waals surface area contributed by atoms with E-state index >= 15 is 0 Å². The van der Waals surface area contributed by atoms with Crippen LogP contribution >= 0.6 is 0 Å². The maximum atomic E-state index is 11.9. The molecule has 1 aliphatic heterocycles. The Morgan fingerprint density at radius 2 is 2.14 bits per heavy atom. The SMILES string of the molecule is CCOc1cc2c(cc1CN=C(NCCOC)NCC(=O)N(C)C)OC(C)C2. The number of guanidine groups is 1. The molecule has 8 heteroatoms. The van der Waals surface area contributed by atoms with Crippen LogP contribution in [0.5, 0.6) is 11.5 Å². The molecule has 28 heavy (non-hydrogen) atoms. The summed E-state index contributed by atoms with van der Waals surface area (Å²) in [5.74, 6) is 2.23. The van der Waals surface area contributed by atoms with Crippen molar-refractivity contribution in [3.8, 4) is 11.5 Å². The molecule has 2 rings (SSSR count). The third-order valence-corrected chi connectivity index (χ3v) is 4.29. The van der Waals surface area contributed by atoms with Crippen LogP contribution in [0.4, 0.5) is 0 Å². The molecule has 0 bridgehead atoms. The maximum Gasteiger partial charge on any atom is 0.241 e. The van der Waals surface area contributed by atoms with Gasteiger partial charge in [0.2, 0.25) is 5.91 Å². The number of nitrogens with zero attached hydrogens (tertiary/aromatic N) is 2. The number of hydrogen-bond acceptors (Lipinski definition) is 5. The Kier molecular flexibility index (Phi) is 8.38. The van der Waals surface area contributed by atoms with Crippen molar-refractivity contribution in [3.05, 3.63) is 23.3 Å². The van der Waals surface area contributed by atoms with Crippen LogP contribution in [0.3, 0.4) is 0 Å². The zero-order chi connectivity index (χ0) is 20.5. The van der Waals surface area contributed by atoms with Crippen LogP contribution in [-0.4, -0.2) is 70.4 Å². The molecule has 156 valence electrons. The van der Waals surface area contributed by atoms with E-state index in [1.54, 1.807) is 21.2 Å². The Labute approximate surface area is 167 Å². The van der Waals surface area contributed by atoms with Crippen LogP contribution in [0.25, 0.3) is 0 Å². The normalized spacial score (nSPS) is 15.6. The zero-order valence-corrected chi connectivity index (χ0v) is 17.5. The summed E-state index contributed by atoms with van der Waals surface area (Å²) in [5.41, 5.74) is 2.11. The van der Waals surface area contributed by atoms with E-state index in [0.717, 1.165) is 29.0 Å². The molecule has 1 atom stereocenters. The molecule has 8 nitrogen and oxygen atoms in total. The Hall–Kier alpha value is -2.48. The number of fused-ring (bicyclic) bond motifs is 1. The van der Waals surface area contributed by atoms with Crippen LogP contribution in [0.1, 0.15) is 25.0 Å². The molecule has 0 aliphatic carbocycles. The minimum absolute atomic E-state index is 0.0313. The number of rotatable bonds is 9. The predicted molar refractivity (Wildman–Crippen MR) is 109 cm³/mol. The van der Waals surface area contributed by atoms with Crippen LogP contribution in [0.15, 0.2) is 17.1 Å². The van der Waals surface area contributed by atoms with Gasteiger partial charge in [-0.25, -0.2) is 4.99 Å². The molecular formula is C20H32N4O4. The molecule has 1 aromatic rings. The van der Waals surface area contributed by atoms with Crippen molar-refractivity contribution < 1.29 is 19.0 Å². The smallest absolute Gasteiger partial charge is 0.241 e. The van der Waals surface area contributed by atoms with Crippen molar-refractivity contribution in [3.63, 3.8) is 0 Å². The van der Waals surface area contributed by atoms with Gasteiger partial charge >= 0.3 is 0 Å². The highest BCUT2D eigenvalue weighted by Gasteiger charge is 2.21. The first-order valence-electron chi connectivity index (χ1n) is 9.61. The van der Waals surface area contributed by atoms with Crippen molar-refractivity contribution in [2.75, 3.05) is 47.5 Å². The monoisotopic (exact) mass is 392 g/mol. The van der Waals surface area contributed by atoms with Crippen molar-refractivity contribution in [1.29, 1.82) is 0 Å². The first-order valence-corrected chi connectivity index (χ1v) is 9.61. The van der Waals surface area contributed by atoms with E-state index in [1.807, 2.05) is 19.1 Å². The molecule has 0 fully saturated rings. The van der Waals surface area contributed by atoms with E-state index in [1.165, 1.54) is 4.90 Å². The van der Waals surface area contributed by atoms with E-state index in [-0.39, 0.29) is 18.6 Å². The summed E-state index contributed by atoms with van der Waals surface area (Å²) in [4.78, 5) is 18.0. The van der Waals surface area contributed by atoms with Gasteiger partial charge in [0, 0.05) is 45.3 Å². The molecule has 0 saturated heterocycles. The molecule has 0 aromatic heterocycles. The fraction of sp³-hybridized carbons (Fsp3) is 0.600. The van der Waals surface area contributed by atoms with Crippen molar-refractivity contribution in [1.82, 2.24) is 15.5 Å². The van der Waals surface area contributed by atoms with Gasteiger partial charge in [-0.15, -0.1) is 0 Å². The molecule has 1 amide bonds. The Balaban J connectivity index is 2.14. The summed E-state index contributed by atoms with van der Waals surface area (Å²) in [6, 6.07) is 4.05. The molecule has 1 heterocycles. The molecule has 2 N–H and O–H groups in total. The zero-order valence-electron chi connectivity index (χ0n) is 17.5. The Bertz CT molecular complexity index is 691. The van der Waals surface area contributed by atoms with Crippen LogP contribution < -0.4 is 20.1 Å². The van der Waals surface area contributed by atoms with Gasteiger partial charge in [-0.05, 0) is 26.0 Å². The van der Waals surface area contributed by atoms with E-state index in [0.29, 0.717) is 32.3 Å². The highest BCUT2D eigenvalue weighted by Crippen LogP contribution is 2.35. The minimum Gasteiger partial charge on any atom is -0.494 e. The summed E-state index contributed by atoms with van der Waals surface area (Å²) in [6.07, 6.45) is 1.06. The molecule has 1 unspecified atom stereocenters. The maximum absolute atomic E-state index is 11.9. The largest absolute Gasteiger partial charge is 0.494 e. The van der Waals surface area contributed by atoms with Gasteiger partial charge in [0.1, 0.15) is 17.6 Å². The standard InChI is InChI=1S/C20H32N4O4/c1-6-27-17-10-15-9-14(2)28-18(15)11-16(17)12-22-20(21-7-8-26-5)23-13-19(25)24(3)4/h10-11,14H,6-9,12-13H2,1-5H3,(H2,21,22,23). The minimum atomic E-state index is -0.0313. The highest BCUT2D eigenvalue weighted by atomic mass is 16.5. The summed E-state index contributed by atoms with van der Waals surface area (Å²) in [6.45, 7) is 6.29. The van der Waals surface area contributed by atoms with Gasteiger partial charge in [0.25, 0.3) is 0 Å². The Morgan fingerprint density at radius 1 is 1.36 bits per heavy atom. The number of hydrogen-bond donors (Lipinski definition) is 2. The number of carbonyl (C=O) groups is 1. The number of methoxy groups -OCH3 is 1. The third-order valence-electron chi connectivity index (χ3n) is 4.29. The lowest BCUT2D eigenvalue weighted by Gasteiger charge is -2.15. The summed E-state index contributed by atoms with van der Waals surface area (Å²) >= 11 is 0. The van der Waals surface area contributed by atoms with Crippen molar-refractivity contribution in [2.24, 2.45) is 4.99 Å². The van der Waals surface area contributed by atoms with Crippen LogP contribution in [0.2, 0.25) is 0 Å². The van der Waals surface area contributed by atoms with Gasteiger partial charge in [-0.2, -0.15) is 0 Å². The van der Waals surface area contributed by atoms with Crippen molar-refractivity contribution in [2.45, 2.75) is 32.9 Å². The lowest BCUT2D eigenvalue weighted by molar-refractivity contribution is -0.127. The summed E-state index contributed by atoms with van der Waals surface area (Å²) < 4.78 is 16.8. The number of likely N-dealkylation sites (N-methyl/N-ethyl adjacent to an activating group) is 1. The van der Waals surface area contributed by atoms with Gasteiger partial charge in [-0.1, -0.05) is 0 Å². The average Bonchev–Trinajstić information content (AvgIpc) is 3.02. The lowest BCUT2D eigenvalue weighted by Crippen LogP contribution is -2.43. The fourth-order valence-electron chi connectivity index (χ4n) is 2.82. The molecular weight excluding hydrogens is 360 g/mol. The molecule has 0 radical (unpaired) electrons. The van der Waals surface area contributed by atoms with E-state index < -0.39 is 0 Å². The number of ether oxygens (including phenoxy) is 3. The quantitative estimate of drug-likeness (QED) is 0.373. The van der Waals surface area contributed by atoms with E-state index in [4.69, 9.17) is 14.2 Å². The molecule has 1 aliphatic rings. The van der Waals surface area contributed by atoms with Gasteiger partial charge in [0.15, 0.2) is 5.96 Å². The first kappa shape index (κ1) is 21.8. The second-order valence-electron chi connectivity index (χ2n) is 6.86. The number of aliphatic imine (C=N–C) groups is 1. The molecule has 0 spiro atoms. The number of amides is 1. The molecule has 0 saturated carbocycles. The van der Waals surface area contributed by atoms with Crippen LogP contribution in [-0.2, 0) is 22.5 Å². The predicted octanol–water partition coefficient (Wildman–Crippen LogP) is 1.18. The van der Waals surface area contributed by atoms with Crippen molar-refractivity contribution >= 4 is 11.9 Å². The second-order valence-corrected chi connectivity index (χ2v) is 6.86. The van der Waals surface area contributed by atoms with Gasteiger partial charge < -0.3 is 29.7 Å². The summed E-state index contributed by atoms with van der Waals surface area (Å²) in [5, 5.41) is 6.23. The summed E-state index contributed by atoms with van der Waals surface area (Å²) in [7, 11) is 5.08. The Morgan fingerprint density at radius 3 is 2.82 bits per heavy atom. The fourth-order valence-corrected chi connectivity index (χ4v) is 2.82. The number of carbonyl (C=O) groups excluding carboxylic acids is 1. The van der Waals surface area contributed by atoms with E-state index in [2.05, 4.69) is 22.5 Å². The number of nitrogens with one attached hydrogen (secondary N) is 2. The van der Waals surface area contributed by atoms with Gasteiger partial charge in [-0.3, -0.25) is 4.79 Å². The topological polar surface area (TPSA) is 84.4 Å². The van der Waals surface area contributed by atoms with Gasteiger partial charge in [0.05, 0.1) is 26.3 Å². The highest BCUT2D eigenvalue weighted by molar-refractivity contribution is 5.86. The molecule has 1 aromatic carbocycles. The second kappa shape index (κ2) is 10.8. The number of benzene rings is 1. The first-order chi connectivity index (χ1) is 13.4. The van der Waals surface area contributed by atoms with E-state index in [9.17, 15) is 4.79 Å².